The Balaban J connectivity index is 2.14. The number of amides is 1. The normalized spacial score (nSPS) is 13.5. The molecule has 0 fully saturated rings. The minimum atomic E-state index is -0.181. The minimum absolute atomic E-state index is 0.0146. The number of nitrogens with zero attached hydrogens (tertiary/aromatic N) is 3. The molecule has 0 saturated carbocycles. The SMILES string of the molecule is CCN(CC)CCn1c2c(c(SCC(=O)NC(C)C)nc1=O)CCC2. The third kappa shape index (κ3) is 5.31. The molecule has 6 nitrogen and oxygen atoms in total. The highest BCUT2D eigenvalue weighted by Crippen LogP contribution is 2.29. The van der Waals surface area contributed by atoms with Gasteiger partial charge in [0.05, 0.1) is 5.75 Å². The molecule has 1 amide bonds. The Labute approximate surface area is 154 Å². The zero-order chi connectivity index (χ0) is 18.4. The lowest BCUT2D eigenvalue weighted by atomic mass is 10.2. The molecule has 0 aliphatic heterocycles. The van der Waals surface area contributed by atoms with E-state index >= 15 is 0 Å². The van der Waals surface area contributed by atoms with Crippen molar-refractivity contribution < 1.29 is 4.79 Å². The first-order valence-electron chi connectivity index (χ1n) is 9.23. The molecule has 2 rings (SSSR count). The molecule has 0 aromatic carbocycles. The van der Waals surface area contributed by atoms with Crippen molar-refractivity contribution in [2.45, 2.75) is 64.6 Å². The van der Waals surface area contributed by atoms with Gasteiger partial charge in [0, 0.05) is 30.4 Å². The van der Waals surface area contributed by atoms with E-state index in [4.69, 9.17) is 0 Å². The van der Waals surface area contributed by atoms with E-state index in [0.29, 0.717) is 12.3 Å². The molecule has 0 unspecified atom stereocenters. The van der Waals surface area contributed by atoms with Crippen LogP contribution in [0.5, 0.6) is 0 Å². The van der Waals surface area contributed by atoms with Crippen molar-refractivity contribution in [1.82, 2.24) is 19.8 Å². The van der Waals surface area contributed by atoms with Gasteiger partial charge >= 0.3 is 5.69 Å². The van der Waals surface area contributed by atoms with Gasteiger partial charge in [-0.25, -0.2) is 4.79 Å². The van der Waals surface area contributed by atoms with E-state index in [9.17, 15) is 9.59 Å². The molecule has 1 aliphatic rings. The van der Waals surface area contributed by atoms with Gasteiger partial charge in [0.25, 0.3) is 0 Å². The first-order chi connectivity index (χ1) is 12.0. The monoisotopic (exact) mass is 366 g/mol. The van der Waals surface area contributed by atoms with Crippen LogP contribution in [0.25, 0.3) is 0 Å². The molecule has 25 heavy (non-hydrogen) atoms. The van der Waals surface area contributed by atoms with Crippen LogP contribution >= 0.6 is 11.8 Å². The van der Waals surface area contributed by atoms with Crippen molar-refractivity contribution in [3.8, 4) is 0 Å². The largest absolute Gasteiger partial charge is 0.353 e. The van der Waals surface area contributed by atoms with Gasteiger partial charge in [-0.05, 0) is 46.2 Å². The second kappa shape index (κ2) is 9.38. The van der Waals surface area contributed by atoms with Crippen molar-refractivity contribution in [2.24, 2.45) is 0 Å². The van der Waals surface area contributed by atoms with Crippen molar-refractivity contribution >= 4 is 17.7 Å². The van der Waals surface area contributed by atoms with Gasteiger partial charge in [0.2, 0.25) is 5.91 Å². The Morgan fingerprint density at radius 3 is 2.68 bits per heavy atom. The Kier molecular flexibility index (Phi) is 7.50. The summed E-state index contributed by atoms with van der Waals surface area (Å²) in [6.07, 6.45) is 2.93. The molecule has 1 aromatic rings. The van der Waals surface area contributed by atoms with E-state index in [1.54, 1.807) is 0 Å². The highest BCUT2D eigenvalue weighted by Gasteiger charge is 2.22. The Morgan fingerprint density at radius 2 is 2.04 bits per heavy atom. The van der Waals surface area contributed by atoms with Gasteiger partial charge in [-0.2, -0.15) is 4.98 Å². The number of fused-ring (bicyclic) bond motifs is 1. The van der Waals surface area contributed by atoms with Crippen LogP contribution in [0.3, 0.4) is 0 Å². The smallest absolute Gasteiger partial charge is 0.348 e. The number of thioether (sulfide) groups is 1. The number of hydrogen-bond acceptors (Lipinski definition) is 5. The number of carbonyl (C=O) groups is 1. The molecule has 140 valence electrons. The third-order valence-electron chi connectivity index (χ3n) is 4.52. The molecule has 0 bridgehead atoms. The summed E-state index contributed by atoms with van der Waals surface area (Å²) in [4.78, 5) is 31.0. The van der Waals surface area contributed by atoms with E-state index in [1.165, 1.54) is 17.3 Å². The third-order valence-corrected chi connectivity index (χ3v) is 5.54. The number of nitrogens with one attached hydrogen (secondary N) is 1. The Morgan fingerprint density at radius 1 is 1.32 bits per heavy atom. The lowest BCUT2D eigenvalue weighted by Gasteiger charge is -2.20. The number of carbonyl (C=O) groups excluding carboxylic acids is 1. The van der Waals surface area contributed by atoms with E-state index in [-0.39, 0.29) is 17.6 Å². The zero-order valence-electron chi connectivity index (χ0n) is 15.8. The average Bonchev–Trinajstić information content (AvgIpc) is 3.04. The standard InChI is InChI=1S/C18H30N4O2S/c1-5-21(6-2)10-11-22-15-9-7-8-14(15)17(20-18(22)24)25-12-16(23)19-13(3)4/h13H,5-12H2,1-4H3,(H,19,23). The van der Waals surface area contributed by atoms with Crippen LogP contribution in [0.1, 0.15) is 45.4 Å². The van der Waals surface area contributed by atoms with E-state index in [2.05, 4.69) is 29.0 Å². The summed E-state index contributed by atoms with van der Waals surface area (Å²) in [5.41, 5.74) is 2.11. The van der Waals surface area contributed by atoms with Crippen LogP contribution in [-0.2, 0) is 24.2 Å². The number of likely N-dealkylation sites (N-methyl/N-ethyl adjacent to an activating group) is 1. The number of hydrogen-bond donors (Lipinski definition) is 1. The van der Waals surface area contributed by atoms with Crippen LogP contribution in [0, 0.1) is 0 Å². The summed E-state index contributed by atoms with van der Waals surface area (Å²) in [6.45, 7) is 11.7. The van der Waals surface area contributed by atoms with Crippen molar-refractivity contribution in [1.29, 1.82) is 0 Å². The summed E-state index contributed by atoms with van der Waals surface area (Å²) >= 11 is 1.39. The van der Waals surface area contributed by atoms with Crippen LogP contribution in [-0.4, -0.2) is 51.8 Å². The lowest BCUT2D eigenvalue weighted by molar-refractivity contribution is -0.119. The molecule has 7 heteroatoms. The maximum absolute atomic E-state index is 12.5. The summed E-state index contributed by atoms with van der Waals surface area (Å²) in [5, 5.41) is 3.62. The van der Waals surface area contributed by atoms with Gasteiger partial charge in [0.15, 0.2) is 0 Å². The average molecular weight is 367 g/mol. The van der Waals surface area contributed by atoms with Crippen LogP contribution < -0.4 is 11.0 Å². The minimum Gasteiger partial charge on any atom is -0.353 e. The highest BCUT2D eigenvalue weighted by atomic mass is 32.2. The maximum Gasteiger partial charge on any atom is 0.348 e. The molecule has 1 aromatic heterocycles. The molecular formula is C18H30N4O2S. The zero-order valence-corrected chi connectivity index (χ0v) is 16.6. The van der Waals surface area contributed by atoms with Crippen LogP contribution in [0.15, 0.2) is 9.82 Å². The number of rotatable bonds is 9. The van der Waals surface area contributed by atoms with E-state index in [1.807, 2.05) is 18.4 Å². The molecular weight excluding hydrogens is 336 g/mol. The van der Waals surface area contributed by atoms with Gasteiger partial charge in [0.1, 0.15) is 5.03 Å². The first kappa shape index (κ1) is 20.0. The lowest BCUT2D eigenvalue weighted by Crippen LogP contribution is -2.34. The van der Waals surface area contributed by atoms with Crippen LogP contribution in [0.2, 0.25) is 0 Å². The van der Waals surface area contributed by atoms with Gasteiger partial charge < -0.3 is 10.2 Å². The topological polar surface area (TPSA) is 67.2 Å². The Bertz CT molecular complexity index is 653. The molecule has 0 spiro atoms. The number of aromatic nitrogens is 2. The summed E-state index contributed by atoms with van der Waals surface area (Å²) in [6, 6.07) is 0.125. The summed E-state index contributed by atoms with van der Waals surface area (Å²) < 4.78 is 1.85. The van der Waals surface area contributed by atoms with Gasteiger partial charge in [-0.3, -0.25) is 9.36 Å². The summed E-state index contributed by atoms with van der Waals surface area (Å²) in [7, 11) is 0. The molecule has 0 atom stereocenters. The Hall–Kier alpha value is -1.34. The fraction of sp³-hybridized carbons (Fsp3) is 0.722. The summed E-state index contributed by atoms with van der Waals surface area (Å²) in [5.74, 6) is 0.291. The quantitative estimate of drug-likeness (QED) is 0.532. The maximum atomic E-state index is 12.5. The van der Waals surface area contributed by atoms with Gasteiger partial charge in [-0.1, -0.05) is 25.6 Å². The van der Waals surface area contributed by atoms with Crippen molar-refractivity contribution in [3.63, 3.8) is 0 Å². The molecule has 1 aliphatic carbocycles. The fourth-order valence-corrected chi connectivity index (χ4v) is 4.10. The molecule has 1 heterocycles. The second-order valence-corrected chi connectivity index (χ2v) is 7.63. The van der Waals surface area contributed by atoms with Crippen LogP contribution in [0.4, 0.5) is 0 Å². The molecule has 1 N–H and O–H groups in total. The molecule has 0 saturated heterocycles. The predicted octanol–water partition coefficient (Wildman–Crippen LogP) is 1.69. The molecule has 0 radical (unpaired) electrons. The van der Waals surface area contributed by atoms with E-state index in [0.717, 1.165) is 49.6 Å². The van der Waals surface area contributed by atoms with Crippen molar-refractivity contribution in [3.05, 3.63) is 21.7 Å². The van der Waals surface area contributed by atoms with Crippen molar-refractivity contribution in [2.75, 3.05) is 25.4 Å². The predicted molar refractivity (Wildman–Crippen MR) is 102 cm³/mol. The highest BCUT2D eigenvalue weighted by molar-refractivity contribution is 7.99. The second-order valence-electron chi connectivity index (χ2n) is 6.67. The van der Waals surface area contributed by atoms with Gasteiger partial charge in [-0.15, -0.1) is 0 Å². The van der Waals surface area contributed by atoms with E-state index < -0.39 is 0 Å². The first-order valence-corrected chi connectivity index (χ1v) is 10.2. The fourth-order valence-electron chi connectivity index (χ4n) is 3.21.